The number of hydrogen-bond donors (Lipinski definition) is 2. The number of pyridine rings is 2. The van der Waals surface area contributed by atoms with E-state index >= 15 is 0 Å². The van der Waals surface area contributed by atoms with E-state index in [1.54, 1.807) is 11.0 Å². The fraction of sp³-hybridized carbons (Fsp3) is 0.500. The summed E-state index contributed by atoms with van der Waals surface area (Å²) in [5, 5.41) is 6.62. The number of nitrogens with zero attached hydrogens (tertiary/aromatic N) is 5. The maximum Gasteiger partial charge on any atom is 0.410 e. The van der Waals surface area contributed by atoms with Crippen LogP contribution in [0, 0.1) is 11.3 Å². The molecule has 1 saturated heterocycles. The highest BCUT2D eigenvalue weighted by molar-refractivity contribution is 7.90. The van der Waals surface area contributed by atoms with Crippen molar-refractivity contribution >= 4 is 39.4 Å². The zero-order chi connectivity index (χ0) is 44.2. The molecule has 0 radical (unpaired) electrons. The molecule has 1 aromatic carbocycles. The van der Waals surface area contributed by atoms with Crippen molar-refractivity contribution in [3.63, 3.8) is 0 Å². The van der Waals surface area contributed by atoms with Crippen molar-refractivity contribution in [1.29, 1.82) is 0 Å². The Morgan fingerprint density at radius 1 is 0.984 bits per heavy atom. The second kappa shape index (κ2) is 18.1. The summed E-state index contributed by atoms with van der Waals surface area (Å²) in [5.41, 5.74) is -1.97. The van der Waals surface area contributed by atoms with E-state index in [0.29, 0.717) is 19.5 Å². The van der Waals surface area contributed by atoms with Crippen molar-refractivity contribution in [2.45, 2.75) is 109 Å². The monoisotopic (exact) mass is 889 g/mol. The van der Waals surface area contributed by atoms with Crippen molar-refractivity contribution in [2.24, 2.45) is 11.3 Å². The molecule has 1 atom stereocenters. The van der Waals surface area contributed by atoms with Crippen molar-refractivity contribution in [2.75, 3.05) is 25.0 Å². The fourth-order valence-electron chi connectivity index (χ4n) is 7.24. The second-order valence-corrected chi connectivity index (χ2v) is 19.1. The van der Waals surface area contributed by atoms with Crippen LogP contribution in [0.1, 0.15) is 95.5 Å². The number of hydrogen-bond acceptors (Lipinski definition) is 11. The number of ether oxygens (including phenoxy) is 3. The molecule has 2 N–H and O–H groups in total. The van der Waals surface area contributed by atoms with E-state index in [-0.39, 0.29) is 90.4 Å². The molecule has 0 unspecified atom stereocenters. The molecular formula is C42H51ClF3N7O7S. The van der Waals surface area contributed by atoms with Crippen LogP contribution in [0.25, 0.3) is 5.82 Å². The van der Waals surface area contributed by atoms with Crippen LogP contribution in [-0.4, -0.2) is 82.1 Å². The third-order valence-corrected chi connectivity index (χ3v) is 12.1. The highest BCUT2D eigenvalue weighted by Gasteiger charge is 2.62. The minimum atomic E-state index is -4.58. The molecule has 61 heavy (non-hydrogen) atoms. The van der Waals surface area contributed by atoms with Gasteiger partial charge in [-0.1, -0.05) is 41.9 Å². The van der Waals surface area contributed by atoms with Gasteiger partial charge in [-0.25, -0.2) is 24.2 Å². The van der Waals surface area contributed by atoms with Gasteiger partial charge in [0.1, 0.15) is 28.9 Å². The van der Waals surface area contributed by atoms with E-state index in [2.05, 4.69) is 20.4 Å². The Balaban J connectivity index is 1.08. The number of aromatic nitrogens is 4. The first-order valence-corrected chi connectivity index (χ1v) is 21.9. The molecule has 1 saturated carbocycles. The second-order valence-electron chi connectivity index (χ2n) is 17.1. The molecule has 0 spiro atoms. The Hall–Kier alpha value is -5.10. The lowest BCUT2D eigenvalue weighted by Crippen LogP contribution is -2.45. The van der Waals surface area contributed by atoms with Crippen LogP contribution in [0.2, 0.25) is 5.15 Å². The van der Waals surface area contributed by atoms with Crippen LogP contribution in [0.5, 0.6) is 11.6 Å². The Morgan fingerprint density at radius 2 is 1.72 bits per heavy atom. The van der Waals surface area contributed by atoms with Gasteiger partial charge in [0.25, 0.3) is 15.9 Å². The van der Waals surface area contributed by atoms with Crippen molar-refractivity contribution in [3.8, 4) is 17.4 Å². The molecule has 4 heterocycles. The van der Waals surface area contributed by atoms with E-state index in [1.807, 2.05) is 69.7 Å². The van der Waals surface area contributed by atoms with Crippen LogP contribution >= 0.6 is 11.6 Å². The molecule has 3 aromatic heterocycles. The number of nitrogens with one attached hydrogen (secondary N) is 2. The van der Waals surface area contributed by atoms with Gasteiger partial charge in [0.05, 0.1) is 17.6 Å². The molecule has 1 aliphatic carbocycles. The summed E-state index contributed by atoms with van der Waals surface area (Å²) in [6.07, 6.45) is -0.331. The van der Waals surface area contributed by atoms with Crippen LogP contribution < -0.4 is 19.5 Å². The zero-order valence-electron chi connectivity index (χ0n) is 34.7. The van der Waals surface area contributed by atoms with E-state index in [9.17, 15) is 31.2 Å². The van der Waals surface area contributed by atoms with Gasteiger partial charge in [-0.2, -0.15) is 21.6 Å². The van der Waals surface area contributed by atoms with Crippen LogP contribution in [-0.2, 0) is 21.4 Å². The van der Waals surface area contributed by atoms with Gasteiger partial charge in [0.2, 0.25) is 5.88 Å². The summed E-state index contributed by atoms with van der Waals surface area (Å²) in [5.74, 6) is -0.0979. The first kappa shape index (κ1) is 45.4. The van der Waals surface area contributed by atoms with E-state index in [0.717, 1.165) is 18.4 Å². The van der Waals surface area contributed by atoms with Crippen molar-refractivity contribution in [1.82, 2.24) is 29.4 Å². The lowest BCUT2D eigenvalue weighted by molar-refractivity contribution is -0.189. The Bertz CT molecular complexity index is 2300. The number of halogens is 4. The SMILES string of the molecule is CC(C)(C)OC(=O)N1C[C@@H](CCCNc2cc(OCc3ccccc3)cc(S(=O)(=O)NC(=O)c3ccc(-n4ccc(OCCCC5(C(F)(F)F)CC5)n4)nc3Cl)n2)CC1(C)C. The molecular weight excluding hydrogens is 839 g/mol. The smallest absolute Gasteiger partial charge is 0.410 e. The van der Waals surface area contributed by atoms with Crippen LogP contribution in [0.15, 0.2) is 71.9 Å². The first-order chi connectivity index (χ1) is 28.6. The minimum absolute atomic E-state index is 0.0194. The lowest BCUT2D eigenvalue weighted by atomic mass is 9.93. The molecule has 0 bridgehead atoms. The highest BCUT2D eigenvalue weighted by Crippen LogP contribution is 2.60. The number of carbonyl (C=O) groups excluding carboxylic acids is 2. The molecule has 1 aliphatic heterocycles. The third kappa shape index (κ3) is 11.8. The predicted molar refractivity (Wildman–Crippen MR) is 221 cm³/mol. The number of rotatable bonds is 17. The van der Waals surface area contributed by atoms with Gasteiger partial charge >= 0.3 is 12.3 Å². The van der Waals surface area contributed by atoms with Gasteiger partial charge in [0, 0.05) is 43.0 Å². The Labute approximate surface area is 358 Å². The van der Waals surface area contributed by atoms with Gasteiger partial charge in [-0.15, -0.1) is 5.10 Å². The van der Waals surface area contributed by atoms with Crippen LogP contribution in [0.3, 0.4) is 0 Å². The van der Waals surface area contributed by atoms with Crippen molar-refractivity contribution < 1.29 is 45.4 Å². The standard InChI is InChI=1S/C42H51ClF3N7O7S/c1-39(2,3)60-38(55)52-26-29(25-40(52,4)5)13-9-20-47-32-23-30(59-27-28-11-7-6-8-12-28)24-35(48-32)61(56,57)51-37(54)31-14-15-33(49-36(31)43)53-21-16-34(50-53)58-22-10-17-41(18-19-41)42(44,45)46/h6-8,11-12,14-16,21,23-24,29H,9-10,13,17-20,22,25-27H2,1-5H3,(H,47,48)(H,51,54)/t29-/m0/s1. The summed E-state index contributed by atoms with van der Waals surface area (Å²) in [6, 6.07) is 16.3. The highest BCUT2D eigenvalue weighted by atomic mass is 35.5. The number of sulfonamides is 1. The van der Waals surface area contributed by atoms with E-state index < -0.39 is 38.1 Å². The summed E-state index contributed by atoms with van der Waals surface area (Å²) in [4.78, 5) is 36.5. The number of likely N-dealkylation sites (tertiary alicyclic amines) is 1. The number of anilines is 1. The molecule has 6 rings (SSSR count). The molecule has 2 aliphatic rings. The Morgan fingerprint density at radius 3 is 2.39 bits per heavy atom. The summed E-state index contributed by atoms with van der Waals surface area (Å²) in [6.45, 7) is 10.7. The maximum absolute atomic E-state index is 13.7. The third-order valence-electron chi connectivity index (χ3n) is 10.6. The molecule has 2 fully saturated rings. The molecule has 2 amide bonds. The largest absolute Gasteiger partial charge is 0.489 e. The quantitative estimate of drug-likeness (QED) is 0.0769. The van der Waals surface area contributed by atoms with E-state index in [4.69, 9.17) is 25.8 Å². The van der Waals surface area contributed by atoms with Crippen LogP contribution in [0.4, 0.5) is 23.8 Å². The predicted octanol–water partition coefficient (Wildman–Crippen LogP) is 8.74. The normalized spacial score (nSPS) is 17.1. The molecule has 4 aromatic rings. The van der Waals surface area contributed by atoms with Gasteiger partial charge in [-0.3, -0.25) is 4.79 Å². The number of carbonyl (C=O) groups is 2. The summed E-state index contributed by atoms with van der Waals surface area (Å²) >= 11 is 6.37. The zero-order valence-corrected chi connectivity index (χ0v) is 36.3. The summed E-state index contributed by atoms with van der Waals surface area (Å²) < 4.78 is 87.5. The average molecular weight is 890 g/mol. The van der Waals surface area contributed by atoms with Gasteiger partial charge < -0.3 is 24.4 Å². The van der Waals surface area contributed by atoms with E-state index in [1.165, 1.54) is 35.1 Å². The average Bonchev–Trinajstić information content (AvgIpc) is 3.73. The van der Waals surface area contributed by atoms with Gasteiger partial charge in [-0.05, 0) is 103 Å². The first-order valence-electron chi connectivity index (χ1n) is 20.1. The number of amides is 2. The Kier molecular flexibility index (Phi) is 13.5. The van der Waals surface area contributed by atoms with Crippen molar-refractivity contribution in [3.05, 3.63) is 83.1 Å². The number of alkyl halides is 3. The number of benzene rings is 1. The fourth-order valence-corrected chi connectivity index (χ4v) is 8.42. The molecule has 14 nitrogen and oxygen atoms in total. The maximum atomic E-state index is 13.7. The summed E-state index contributed by atoms with van der Waals surface area (Å²) in [7, 11) is -4.58. The lowest BCUT2D eigenvalue weighted by Gasteiger charge is -2.33. The molecule has 19 heteroatoms. The van der Waals surface area contributed by atoms with Gasteiger partial charge in [0.15, 0.2) is 10.8 Å². The minimum Gasteiger partial charge on any atom is -0.489 e. The molecule has 330 valence electrons. The topological polar surface area (TPSA) is 167 Å².